The zero-order valence-corrected chi connectivity index (χ0v) is 17.2. The number of aliphatic hydroxyl groups is 2. The lowest BCUT2D eigenvalue weighted by Crippen LogP contribution is -2.58. The van der Waals surface area contributed by atoms with E-state index in [1.54, 1.807) is 20.8 Å². The van der Waals surface area contributed by atoms with E-state index in [-0.39, 0.29) is 17.8 Å². The fourth-order valence-corrected chi connectivity index (χ4v) is 3.80. The molecule has 0 spiro atoms. The van der Waals surface area contributed by atoms with Crippen molar-refractivity contribution in [2.45, 2.75) is 91.8 Å². The van der Waals surface area contributed by atoms with Crippen molar-refractivity contribution in [2.75, 3.05) is 0 Å². The molecule has 0 amide bonds. The maximum absolute atomic E-state index is 12.6. The van der Waals surface area contributed by atoms with Crippen molar-refractivity contribution in [3.63, 3.8) is 0 Å². The fraction of sp³-hybridized carbons (Fsp3) is 0.900. The molecule has 1 saturated heterocycles. The normalized spacial score (nSPS) is 35.4. The molecule has 1 aliphatic rings. The monoisotopic (exact) mass is 372 g/mol. The van der Waals surface area contributed by atoms with Crippen LogP contribution in [-0.2, 0) is 19.1 Å². The topological polar surface area (TPSA) is 93.1 Å². The van der Waals surface area contributed by atoms with E-state index in [9.17, 15) is 19.8 Å². The highest BCUT2D eigenvalue weighted by Gasteiger charge is 2.51. The lowest BCUT2D eigenvalue weighted by atomic mass is 9.79. The maximum atomic E-state index is 12.6. The Bertz CT molecular complexity index is 493. The van der Waals surface area contributed by atoms with Crippen molar-refractivity contribution in [3.05, 3.63) is 0 Å². The van der Waals surface area contributed by atoms with Gasteiger partial charge in [-0.05, 0) is 19.8 Å². The van der Waals surface area contributed by atoms with Crippen LogP contribution in [0.25, 0.3) is 0 Å². The van der Waals surface area contributed by atoms with Gasteiger partial charge < -0.3 is 19.7 Å². The van der Waals surface area contributed by atoms with Crippen molar-refractivity contribution in [1.29, 1.82) is 0 Å². The average Bonchev–Trinajstić information content (AvgIpc) is 2.65. The van der Waals surface area contributed by atoms with E-state index in [1.807, 2.05) is 27.7 Å². The third-order valence-corrected chi connectivity index (χ3v) is 6.08. The Morgan fingerprint density at radius 3 is 2.19 bits per heavy atom. The van der Waals surface area contributed by atoms with Gasteiger partial charge in [-0.25, -0.2) is 0 Å². The SMILES string of the molecule is CCC(=O)[C@@H](C)[C@@H](O)[C@@H](C)C(=O)O[C@H]1[C@@H](C)[C@H](CC)O[C@](O)(CC)[C@H]1C. The third kappa shape index (κ3) is 4.65. The number of ether oxygens (including phenoxy) is 2. The lowest BCUT2D eigenvalue weighted by molar-refractivity contribution is -0.320. The summed E-state index contributed by atoms with van der Waals surface area (Å²) in [7, 11) is 0. The molecule has 152 valence electrons. The summed E-state index contributed by atoms with van der Waals surface area (Å²) in [6, 6.07) is 0. The zero-order valence-electron chi connectivity index (χ0n) is 17.2. The summed E-state index contributed by atoms with van der Waals surface area (Å²) in [5.74, 6) is -3.90. The van der Waals surface area contributed by atoms with Crippen LogP contribution in [-0.4, -0.2) is 46.1 Å². The van der Waals surface area contributed by atoms with Crippen molar-refractivity contribution in [1.82, 2.24) is 0 Å². The van der Waals surface area contributed by atoms with Gasteiger partial charge in [-0.1, -0.05) is 41.5 Å². The van der Waals surface area contributed by atoms with Gasteiger partial charge in [0.1, 0.15) is 11.9 Å². The van der Waals surface area contributed by atoms with Crippen molar-refractivity contribution < 1.29 is 29.3 Å². The van der Waals surface area contributed by atoms with Crippen LogP contribution < -0.4 is 0 Å². The maximum Gasteiger partial charge on any atom is 0.311 e. The molecule has 1 fully saturated rings. The van der Waals surface area contributed by atoms with Gasteiger partial charge in [-0.15, -0.1) is 0 Å². The summed E-state index contributed by atoms with van der Waals surface area (Å²) in [4.78, 5) is 24.5. The van der Waals surface area contributed by atoms with Crippen LogP contribution in [0.4, 0.5) is 0 Å². The Hall–Kier alpha value is -0.980. The Morgan fingerprint density at radius 2 is 1.73 bits per heavy atom. The van der Waals surface area contributed by atoms with Gasteiger partial charge in [0.05, 0.1) is 18.1 Å². The number of ketones is 1. The van der Waals surface area contributed by atoms with Gasteiger partial charge in [0.2, 0.25) is 0 Å². The highest BCUT2D eigenvalue weighted by Crippen LogP contribution is 2.41. The molecule has 1 aliphatic heterocycles. The van der Waals surface area contributed by atoms with Gasteiger partial charge in [0.15, 0.2) is 5.79 Å². The first-order valence-corrected chi connectivity index (χ1v) is 9.85. The van der Waals surface area contributed by atoms with Crippen molar-refractivity contribution >= 4 is 11.8 Å². The summed E-state index contributed by atoms with van der Waals surface area (Å²) in [6.45, 7) is 12.5. The van der Waals surface area contributed by atoms with Gasteiger partial charge in [-0.3, -0.25) is 9.59 Å². The van der Waals surface area contributed by atoms with E-state index in [1.165, 1.54) is 0 Å². The molecule has 0 aliphatic carbocycles. The molecule has 0 radical (unpaired) electrons. The summed E-state index contributed by atoms with van der Waals surface area (Å²) < 4.78 is 11.6. The van der Waals surface area contributed by atoms with E-state index < -0.39 is 41.7 Å². The summed E-state index contributed by atoms with van der Waals surface area (Å²) in [6.07, 6.45) is -0.411. The molecule has 0 bridgehead atoms. The van der Waals surface area contributed by atoms with E-state index >= 15 is 0 Å². The molecule has 0 aromatic carbocycles. The number of esters is 1. The predicted octanol–water partition coefficient (Wildman–Crippen LogP) is 2.69. The molecule has 0 aromatic rings. The molecule has 8 atom stereocenters. The Kier molecular flexibility index (Phi) is 8.24. The minimum absolute atomic E-state index is 0.0789. The molecule has 2 N–H and O–H groups in total. The molecule has 6 nitrogen and oxygen atoms in total. The van der Waals surface area contributed by atoms with Gasteiger partial charge in [-0.2, -0.15) is 0 Å². The number of aliphatic hydroxyl groups excluding tert-OH is 1. The van der Waals surface area contributed by atoms with Crippen LogP contribution in [0.15, 0.2) is 0 Å². The van der Waals surface area contributed by atoms with Crippen molar-refractivity contribution in [2.24, 2.45) is 23.7 Å². The molecule has 1 heterocycles. The largest absolute Gasteiger partial charge is 0.461 e. The molecule has 0 aromatic heterocycles. The van der Waals surface area contributed by atoms with E-state index in [0.29, 0.717) is 19.3 Å². The lowest BCUT2D eigenvalue weighted by Gasteiger charge is -2.49. The van der Waals surface area contributed by atoms with Gasteiger partial charge in [0, 0.05) is 24.2 Å². The van der Waals surface area contributed by atoms with E-state index in [0.717, 1.165) is 0 Å². The van der Waals surface area contributed by atoms with Crippen LogP contribution in [0.3, 0.4) is 0 Å². The number of hydrogen-bond donors (Lipinski definition) is 2. The molecule has 0 unspecified atom stereocenters. The average molecular weight is 373 g/mol. The summed E-state index contributed by atoms with van der Waals surface area (Å²) in [5.41, 5.74) is 0. The number of rotatable bonds is 8. The second-order valence-electron chi connectivity index (χ2n) is 7.70. The molecule has 26 heavy (non-hydrogen) atoms. The molecule has 0 saturated carbocycles. The second-order valence-corrected chi connectivity index (χ2v) is 7.70. The number of Topliss-reactive ketones (excluding diaryl/α,β-unsaturated/α-hetero) is 1. The van der Waals surface area contributed by atoms with Crippen LogP contribution >= 0.6 is 0 Å². The first-order chi connectivity index (χ1) is 12.0. The Morgan fingerprint density at radius 1 is 1.15 bits per heavy atom. The third-order valence-electron chi connectivity index (χ3n) is 6.08. The smallest absolute Gasteiger partial charge is 0.311 e. The van der Waals surface area contributed by atoms with Crippen LogP contribution in [0.5, 0.6) is 0 Å². The fourth-order valence-electron chi connectivity index (χ4n) is 3.80. The summed E-state index contributed by atoms with van der Waals surface area (Å²) >= 11 is 0. The molecule has 6 heteroatoms. The van der Waals surface area contributed by atoms with E-state index in [4.69, 9.17) is 9.47 Å². The first-order valence-electron chi connectivity index (χ1n) is 9.85. The number of carbonyl (C=O) groups is 2. The summed E-state index contributed by atoms with van der Waals surface area (Å²) in [5, 5.41) is 21.2. The second kappa shape index (κ2) is 9.29. The van der Waals surface area contributed by atoms with Crippen LogP contribution in [0.2, 0.25) is 0 Å². The zero-order chi connectivity index (χ0) is 20.2. The minimum atomic E-state index is -1.34. The van der Waals surface area contributed by atoms with Gasteiger partial charge in [0.25, 0.3) is 0 Å². The Balaban J connectivity index is 2.92. The molecular formula is C20H36O6. The Labute approximate surface area is 157 Å². The predicted molar refractivity (Wildman–Crippen MR) is 98.2 cm³/mol. The van der Waals surface area contributed by atoms with Crippen LogP contribution in [0, 0.1) is 23.7 Å². The minimum Gasteiger partial charge on any atom is -0.461 e. The number of hydrogen-bond acceptors (Lipinski definition) is 6. The quantitative estimate of drug-likeness (QED) is 0.636. The standard InChI is InChI=1S/C20H36O6/c1-8-15(21)11(4)17(22)13(6)19(23)25-18-12(5)16(9-2)26-20(24,10-3)14(18)7/h11-14,16-18,22,24H,8-10H2,1-7H3/t11-,12+,13-,14+,16+,17-,18+,20-/m1/s1. The number of carbonyl (C=O) groups excluding carboxylic acids is 2. The van der Waals surface area contributed by atoms with E-state index in [2.05, 4.69) is 0 Å². The van der Waals surface area contributed by atoms with Crippen LogP contribution in [0.1, 0.15) is 67.7 Å². The highest BCUT2D eigenvalue weighted by molar-refractivity contribution is 5.82. The molecular weight excluding hydrogens is 336 g/mol. The highest BCUT2D eigenvalue weighted by atomic mass is 16.6. The molecule has 1 rings (SSSR count). The first kappa shape index (κ1) is 23.1. The van der Waals surface area contributed by atoms with Crippen molar-refractivity contribution in [3.8, 4) is 0 Å². The van der Waals surface area contributed by atoms with Gasteiger partial charge >= 0.3 is 5.97 Å².